The number of nitrogens with zero attached hydrogens (tertiary/aromatic N) is 3. The number of hydrogen-bond donors (Lipinski definition) is 1. The zero-order valence-electron chi connectivity index (χ0n) is 16.9. The lowest BCUT2D eigenvalue weighted by Crippen LogP contribution is -2.53. The number of benzene rings is 2. The second-order valence-corrected chi connectivity index (χ2v) is 7.14. The van der Waals surface area contributed by atoms with Crippen molar-refractivity contribution in [2.45, 2.75) is 19.9 Å². The summed E-state index contributed by atoms with van der Waals surface area (Å²) in [5.41, 5.74) is 2.42. The van der Waals surface area contributed by atoms with Crippen LogP contribution in [0.3, 0.4) is 0 Å². The molecular formula is C21H26N4O4. The first-order valence-electron chi connectivity index (χ1n) is 9.58. The molecule has 1 N–H and O–H groups in total. The molecule has 0 saturated carbocycles. The number of methoxy groups -OCH3 is 1. The van der Waals surface area contributed by atoms with Crippen LogP contribution >= 0.6 is 0 Å². The van der Waals surface area contributed by atoms with Crippen LogP contribution in [0.15, 0.2) is 42.5 Å². The number of aryl methyl sites for hydroxylation is 1. The molecular weight excluding hydrogens is 372 g/mol. The number of carbonyl (C=O) groups is 1. The van der Waals surface area contributed by atoms with E-state index in [0.717, 1.165) is 5.56 Å². The molecule has 1 aliphatic rings. The van der Waals surface area contributed by atoms with E-state index >= 15 is 0 Å². The van der Waals surface area contributed by atoms with Gasteiger partial charge in [-0.25, -0.2) is 0 Å². The summed E-state index contributed by atoms with van der Waals surface area (Å²) in [6.45, 7) is 6.36. The van der Waals surface area contributed by atoms with Crippen LogP contribution in [0.5, 0.6) is 5.75 Å². The first kappa shape index (κ1) is 20.6. The average Bonchev–Trinajstić information content (AvgIpc) is 2.73. The third kappa shape index (κ3) is 4.65. The molecule has 1 amide bonds. The fourth-order valence-electron chi connectivity index (χ4n) is 3.56. The Kier molecular flexibility index (Phi) is 6.33. The molecule has 0 spiro atoms. The molecule has 3 rings (SSSR count). The van der Waals surface area contributed by atoms with Gasteiger partial charge in [0.25, 0.3) is 5.69 Å². The van der Waals surface area contributed by atoms with Crippen LogP contribution in [-0.4, -0.2) is 55.1 Å². The van der Waals surface area contributed by atoms with Gasteiger partial charge in [0.15, 0.2) is 0 Å². The number of anilines is 2. The topological polar surface area (TPSA) is 88.0 Å². The standard InChI is InChI=1S/C21H26N4O4/c1-15-8-9-20(29-3)17(14-15)22-21(26)16(2)23-10-12-24(13-11-23)18-6-4-5-7-19(18)25(27)28/h4-9,14,16H,10-13H2,1-3H3,(H,22,26). The Morgan fingerprint density at radius 3 is 2.52 bits per heavy atom. The van der Waals surface area contributed by atoms with Gasteiger partial charge >= 0.3 is 0 Å². The van der Waals surface area contributed by atoms with Crippen LogP contribution in [0.25, 0.3) is 0 Å². The van der Waals surface area contributed by atoms with Gasteiger partial charge in [-0.3, -0.25) is 19.8 Å². The normalized spacial score (nSPS) is 15.6. The smallest absolute Gasteiger partial charge is 0.292 e. The Bertz CT molecular complexity index is 894. The quantitative estimate of drug-likeness (QED) is 0.594. The minimum atomic E-state index is -0.354. The Labute approximate surface area is 170 Å². The molecule has 2 aromatic rings. The van der Waals surface area contributed by atoms with Gasteiger partial charge in [-0.15, -0.1) is 0 Å². The monoisotopic (exact) mass is 398 g/mol. The molecule has 154 valence electrons. The summed E-state index contributed by atoms with van der Waals surface area (Å²) in [5, 5.41) is 14.2. The van der Waals surface area contributed by atoms with Crippen molar-refractivity contribution in [1.82, 2.24) is 4.90 Å². The predicted octanol–water partition coefficient (Wildman–Crippen LogP) is 3.06. The van der Waals surface area contributed by atoms with Crippen molar-refractivity contribution < 1.29 is 14.5 Å². The van der Waals surface area contributed by atoms with Crippen molar-refractivity contribution in [3.63, 3.8) is 0 Å². The van der Waals surface area contributed by atoms with E-state index in [9.17, 15) is 14.9 Å². The maximum Gasteiger partial charge on any atom is 0.292 e. The molecule has 1 atom stereocenters. The highest BCUT2D eigenvalue weighted by molar-refractivity contribution is 5.96. The molecule has 8 heteroatoms. The van der Waals surface area contributed by atoms with Gasteiger partial charge < -0.3 is 15.0 Å². The number of nitro groups is 1. The van der Waals surface area contributed by atoms with Crippen LogP contribution in [0.4, 0.5) is 17.1 Å². The van der Waals surface area contributed by atoms with Crippen molar-refractivity contribution in [2.24, 2.45) is 0 Å². The number of para-hydroxylation sites is 2. The summed E-state index contributed by atoms with van der Waals surface area (Å²) in [4.78, 5) is 27.8. The molecule has 1 unspecified atom stereocenters. The summed E-state index contributed by atoms with van der Waals surface area (Å²) in [5.74, 6) is 0.519. The number of nitrogens with one attached hydrogen (secondary N) is 1. The lowest BCUT2D eigenvalue weighted by atomic mass is 10.1. The van der Waals surface area contributed by atoms with Gasteiger partial charge in [0.1, 0.15) is 11.4 Å². The molecule has 0 aliphatic carbocycles. The Balaban J connectivity index is 1.63. The summed E-state index contributed by atoms with van der Waals surface area (Å²) >= 11 is 0. The number of nitro benzene ring substituents is 1. The van der Waals surface area contributed by atoms with Crippen LogP contribution in [0.2, 0.25) is 0 Å². The van der Waals surface area contributed by atoms with E-state index in [1.165, 1.54) is 6.07 Å². The van der Waals surface area contributed by atoms with Crippen LogP contribution in [0.1, 0.15) is 12.5 Å². The first-order valence-corrected chi connectivity index (χ1v) is 9.58. The third-order valence-corrected chi connectivity index (χ3v) is 5.27. The molecule has 8 nitrogen and oxygen atoms in total. The number of piperazine rings is 1. The average molecular weight is 398 g/mol. The SMILES string of the molecule is COc1ccc(C)cc1NC(=O)C(C)N1CCN(c2ccccc2[N+](=O)[O-])CC1. The van der Waals surface area contributed by atoms with E-state index in [1.807, 2.05) is 36.9 Å². The van der Waals surface area contributed by atoms with Crippen molar-refractivity contribution in [3.8, 4) is 5.75 Å². The fraction of sp³-hybridized carbons (Fsp3) is 0.381. The third-order valence-electron chi connectivity index (χ3n) is 5.27. The first-order chi connectivity index (χ1) is 13.9. The number of rotatable bonds is 6. The van der Waals surface area contributed by atoms with Gasteiger partial charge in [0.05, 0.1) is 23.8 Å². The van der Waals surface area contributed by atoms with Crippen molar-refractivity contribution in [3.05, 3.63) is 58.1 Å². The van der Waals surface area contributed by atoms with E-state index in [-0.39, 0.29) is 22.6 Å². The van der Waals surface area contributed by atoms with Crippen LogP contribution in [-0.2, 0) is 4.79 Å². The Hall–Kier alpha value is -3.13. The van der Waals surface area contributed by atoms with Gasteiger partial charge in [0.2, 0.25) is 5.91 Å². The van der Waals surface area contributed by atoms with Crippen LogP contribution in [0, 0.1) is 17.0 Å². The molecule has 2 aromatic carbocycles. The largest absolute Gasteiger partial charge is 0.495 e. The Morgan fingerprint density at radius 1 is 1.17 bits per heavy atom. The van der Waals surface area contributed by atoms with Crippen molar-refractivity contribution in [2.75, 3.05) is 43.5 Å². The van der Waals surface area contributed by atoms with E-state index in [4.69, 9.17) is 4.74 Å². The highest BCUT2D eigenvalue weighted by Crippen LogP contribution is 2.29. The maximum atomic E-state index is 12.8. The molecule has 0 aromatic heterocycles. The Morgan fingerprint density at radius 2 is 1.86 bits per heavy atom. The lowest BCUT2D eigenvalue weighted by Gasteiger charge is -2.38. The summed E-state index contributed by atoms with van der Waals surface area (Å²) in [7, 11) is 1.58. The summed E-state index contributed by atoms with van der Waals surface area (Å²) < 4.78 is 5.33. The van der Waals surface area contributed by atoms with E-state index in [2.05, 4.69) is 10.2 Å². The molecule has 1 saturated heterocycles. The van der Waals surface area contributed by atoms with Crippen LogP contribution < -0.4 is 15.0 Å². The number of ether oxygens (including phenoxy) is 1. The van der Waals surface area contributed by atoms with Crippen molar-refractivity contribution >= 4 is 23.0 Å². The predicted molar refractivity (Wildman–Crippen MR) is 113 cm³/mol. The number of amides is 1. The van der Waals surface area contributed by atoms with E-state index < -0.39 is 0 Å². The number of carbonyl (C=O) groups excluding carboxylic acids is 1. The molecule has 1 aliphatic heterocycles. The summed E-state index contributed by atoms with van der Waals surface area (Å²) in [6, 6.07) is 12.1. The molecule has 0 radical (unpaired) electrons. The highest BCUT2D eigenvalue weighted by atomic mass is 16.6. The maximum absolute atomic E-state index is 12.8. The zero-order valence-corrected chi connectivity index (χ0v) is 16.9. The van der Waals surface area contributed by atoms with E-state index in [1.54, 1.807) is 25.3 Å². The van der Waals surface area contributed by atoms with Crippen molar-refractivity contribution in [1.29, 1.82) is 0 Å². The second kappa shape index (κ2) is 8.91. The molecule has 1 heterocycles. The second-order valence-electron chi connectivity index (χ2n) is 7.14. The summed E-state index contributed by atoms with van der Waals surface area (Å²) in [6.07, 6.45) is 0. The highest BCUT2D eigenvalue weighted by Gasteiger charge is 2.28. The van der Waals surface area contributed by atoms with Gasteiger partial charge in [0, 0.05) is 32.2 Å². The van der Waals surface area contributed by atoms with Gasteiger partial charge in [-0.05, 0) is 37.6 Å². The minimum absolute atomic E-state index is 0.104. The lowest BCUT2D eigenvalue weighted by molar-refractivity contribution is -0.384. The molecule has 1 fully saturated rings. The van der Waals surface area contributed by atoms with E-state index in [0.29, 0.717) is 43.3 Å². The molecule has 0 bridgehead atoms. The van der Waals surface area contributed by atoms with Gasteiger partial charge in [-0.2, -0.15) is 0 Å². The van der Waals surface area contributed by atoms with Gasteiger partial charge in [-0.1, -0.05) is 18.2 Å². The number of hydrogen-bond acceptors (Lipinski definition) is 6. The fourth-order valence-corrected chi connectivity index (χ4v) is 3.56. The zero-order chi connectivity index (χ0) is 21.0. The minimum Gasteiger partial charge on any atom is -0.495 e. The molecule has 29 heavy (non-hydrogen) atoms.